The van der Waals surface area contributed by atoms with Gasteiger partial charge in [0.05, 0.1) is 0 Å². The fourth-order valence-corrected chi connectivity index (χ4v) is 9.12. The van der Waals surface area contributed by atoms with Crippen molar-refractivity contribution in [1.82, 2.24) is 4.98 Å². The van der Waals surface area contributed by atoms with E-state index in [9.17, 15) is 0 Å². The third-order valence-corrected chi connectivity index (χ3v) is 10.6. The van der Waals surface area contributed by atoms with Crippen LogP contribution in [0.1, 0.15) is 10.7 Å². The zero-order valence-electron chi connectivity index (χ0n) is 14.8. The average molecular weight is 375 g/mol. The summed E-state index contributed by atoms with van der Waals surface area (Å²) in [6, 6.07) is 33.1. The Morgan fingerprint density at radius 1 is 0.692 bits per heavy atom. The minimum absolute atomic E-state index is 0.982. The van der Waals surface area contributed by atoms with E-state index in [-0.39, 0.29) is 0 Å². The first-order valence-corrected chi connectivity index (χ1v) is 12.0. The molecule has 0 aliphatic heterocycles. The van der Waals surface area contributed by atoms with Gasteiger partial charge in [0.1, 0.15) is 0 Å². The van der Waals surface area contributed by atoms with Crippen LogP contribution in [0.3, 0.4) is 0 Å². The maximum atomic E-state index is 4.83. The summed E-state index contributed by atoms with van der Waals surface area (Å²) in [5, 5.41) is 7.66. The predicted molar refractivity (Wildman–Crippen MR) is 117 cm³/mol. The van der Waals surface area contributed by atoms with Crippen molar-refractivity contribution in [3.63, 3.8) is 0 Å². The second-order valence-electron chi connectivity index (χ2n) is 6.54. The summed E-state index contributed by atoms with van der Waals surface area (Å²) < 4.78 is 0. The van der Waals surface area contributed by atoms with Crippen molar-refractivity contribution >= 4 is 34.5 Å². The van der Waals surface area contributed by atoms with Crippen LogP contribution in [0.4, 0.5) is 0 Å². The standard InChI is InChI=1S/C23H22NPS/c1-19-24-20(18-26-19)17-25(21-11-5-2-6-12-21,22-13-7-3-8-14-22)23-15-9-4-10-16-23/h2-16,18,25H,17H2,1H3. The zero-order valence-corrected chi connectivity index (χ0v) is 16.6. The summed E-state index contributed by atoms with van der Waals surface area (Å²) in [6.07, 6.45) is 0.982. The van der Waals surface area contributed by atoms with E-state index in [1.807, 2.05) is 0 Å². The number of benzene rings is 3. The van der Waals surface area contributed by atoms with Gasteiger partial charge in [-0.1, -0.05) is 0 Å². The van der Waals surface area contributed by atoms with Crippen LogP contribution in [0.2, 0.25) is 0 Å². The van der Waals surface area contributed by atoms with Crippen molar-refractivity contribution in [3.8, 4) is 0 Å². The molecule has 0 bridgehead atoms. The van der Waals surface area contributed by atoms with Crippen LogP contribution >= 0.6 is 18.6 Å². The molecule has 4 aromatic rings. The minimum atomic E-state index is -2.21. The van der Waals surface area contributed by atoms with Gasteiger partial charge >= 0.3 is 160 Å². The summed E-state index contributed by atoms with van der Waals surface area (Å²) in [7, 11) is -2.21. The molecular formula is C23H22NPS. The SMILES string of the molecule is Cc1nc(C[PH](c2ccccc2)(c2ccccc2)c2ccccc2)cs1. The van der Waals surface area contributed by atoms with E-state index >= 15 is 0 Å². The van der Waals surface area contributed by atoms with Gasteiger partial charge < -0.3 is 0 Å². The van der Waals surface area contributed by atoms with Gasteiger partial charge in [0.15, 0.2) is 0 Å². The van der Waals surface area contributed by atoms with Gasteiger partial charge in [0.2, 0.25) is 0 Å². The van der Waals surface area contributed by atoms with Crippen LogP contribution in [0.25, 0.3) is 0 Å². The topological polar surface area (TPSA) is 12.9 Å². The van der Waals surface area contributed by atoms with Crippen LogP contribution in [0.15, 0.2) is 96.4 Å². The summed E-state index contributed by atoms with van der Waals surface area (Å²) >= 11 is 1.74. The number of thiazole rings is 1. The van der Waals surface area contributed by atoms with E-state index in [0.717, 1.165) is 11.2 Å². The Bertz CT molecular complexity index is 868. The molecule has 0 saturated carbocycles. The van der Waals surface area contributed by atoms with Gasteiger partial charge in [0, 0.05) is 0 Å². The Morgan fingerprint density at radius 2 is 1.12 bits per heavy atom. The van der Waals surface area contributed by atoms with Crippen molar-refractivity contribution in [1.29, 1.82) is 0 Å². The van der Waals surface area contributed by atoms with Crippen LogP contribution in [0.5, 0.6) is 0 Å². The van der Waals surface area contributed by atoms with Gasteiger partial charge in [-0.3, -0.25) is 0 Å². The third-order valence-electron chi connectivity index (χ3n) is 4.91. The first kappa shape index (κ1) is 17.1. The Balaban J connectivity index is 2.00. The summed E-state index contributed by atoms with van der Waals surface area (Å²) in [4.78, 5) is 4.83. The molecule has 26 heavy (non-hydrogen) atoms. The molecule has 0 unspecified atom stereocenters. The van der Waals surface area contributed by atoms with E-state index in [1.165, 1.54) is 21.6 Å². The Labute approximate surface area is 159 Å². The van der Waals surface area contributed by atoms with E-state index in [0.29, 0.717) is 0 Å². The fourth-order valence-electron chi connectivity index (χ4n) is 3.74. The normalized spacial score (nSPS) is 12.0. The molecule has 0 fully saturated rings. The first-order valence-electron chi connectivity index (χ1n) is 8.86. The number of hydrogen-bond acceptors (Lipinski definition) is 2. The van der Waals surface area contributed by atoms with Crippen LogP contribution < -0.4 is 15.9 Å². The van der Waals surface area contributed by atoms with E-state index in [2.05, 4.69) is 103 Å². The molecule has 0 aliphatic carbocycles. The Kier molecular flexibility index (Phi) is 4.97. The van der Waals surface area contributed by atoms with Crippen molar-refractivity contribution in [2.75, 3.05) is 0 Å². The number of hydrogen-bond donors (Lipinski definition) is 0. The predicted octanol–water partition coefficient (Wildman–Crippen LogP) is 4.68. The fraction of sp³-hybridized carbons (Fsp3) is 0.0870. The molecule has 0 saturated heterocycles. The second-order valence-corrected chi connectivity index (χ2v) is 11.5. The zero-order chi connectivity index (χ0) is 17.8. The molecule has 130 valence electrons. The molecule has 1 heterocycles. The summed E-state index contributed by atoms with van der Waals surface area (Å²) in [6.45, 7) is 2.09. The molecule has 0 spiro atoms. The van der Waals surface area contributed by atoms with Crippen molar-refractivity contribution in [3.05, 3.63) is 107 Å². The van der Waals surface area contributed by atoms with Crippen molar-refractivity contribution in [2.45, 2.75) is 13.1 Å². The van der Waals surface area contributed by atoms with Gasteiger partial charge in [-0.2, -0.15) is 0 Å². The van der Waals surface area contributed by atoms with Gasteiger partial charge in [-0.15, -0.1) is 0 Å². The van der Waals surface area contributed by atoms with E-state index in [1.54, 1.807) is 11.3 Å². The maximum absolute atomic E-state index is 4.83. The molecular weight excluding hydrogens is 353 g/mol. The van der Waals surface area contributed by atoms with Crippen molar-refractivity contribution in [2.24, 2.45) is 0 Å². The average Bonchev–Trinajstić information content (AvgIpc) is 3.13. The third kappa shape index (κ3) is 3.23. The van der Waals surface area contributed by atoms with Gasteiger partial charge in [0.25, 0.3) is 0 Å². The van der Waals surface area contributed by atoms with Crippen LogP contribution in [-0.2, 0) is 6.16 Å². The Hall–Kier alpha value is -2.28. The molecule has 0 amide bonds. The number of rotatable bonds is 5. The quantitative estimate of drug-likeness (QED) is 0.462. The molecule has 3 aromatic carbocycles. The molecule has 1 nitrogen and oxygen atoms in total. The number of nitrogens with zero attached hydrogens (tertiary/aromatic N) is 1. The first-order chi connectivity index (χ1) is 12.8. The molecule has 0 aliphatic rings. The van der Waals surface area contributed by atoms with E-state index in [4.69, 9.17) is 4.98 Å². The summed E-state index contributed by atoms with van der Waals surface area (Å²) in [5.41, 5.74) is 1.20. The van der Waals surface area contributed by atoms with E-state index < -0.39 is 7.26 Å². The van der Waals surface area contributed by atoms with Gasteiger partial charge in [-0.05, 0) is 0 Å². The monoisotopic (exact) mass is 375 g/mol. The van der Waals surface area contributed by atoms with Crippen LogP contribution in [-0.4, -0.2) is 4.98 Å². The van der Waals surface area contributed by atoms with Gasteiger partial charge in [-0.25, -0.2) is 0 Å². The second kappa shape index (κ2) is 7.53. The van der Waals surface area contributed by atoms with Crippen molar-refractivity contribution < 1.29 is 0 Å². The van der Waals surface area contributed by atoms with Crippen LogP contribution in [0, 0.1) is 6.92 Å². The molecule has 1 aromatic heterocycles. The molecule has 0 N–H and O–H groups in total. The molecule has 4 rings (SSSR count). The molecule has 0 radical (unpaired) electrons. The number of aromatic nitrogens is 1. The molecule has 0 atom stereocenters. The molecule has 3 heteroatoms. The summed E-state index contributed by atoms with van der Waals surface area (Å²) in [5.74, 6) is 0. The number of aryl methyl sites for hydroxylation is 1. The Morgan fingerprint density at radius 3 is 1.46 bits per heavy atom.